The van der Waals surface area contributed by atoms with E-state index in [0.717, 1.165) is 0 Å². The van der Waals surface area contributed by atoms with Crippen molar-refractivity contribution in [1.29, 1.82) is 0 Å². The molecule has 2 aromatic carbocycles. The summed E-state index contributed by atoms with van der Waals surface area (Å²) in [5.74, 6) is -0.804. The first kappa shape index (κ1) is 22.7. The van der Waals surface area contributed by atoms with Crippen molar-refractivity contribution in [3.63, 3.8) is 0 Å². The first-order chi connectivity index (χ1) is 14.9. The predicted molar refractivity (Wildman–Crippen MR) is 119 cm³/mol. The fraction of sp³-hybridized carbons (Fsp3) is 0.190. The maximum Gasteiger partial charge on any atom is 0.322 e. The van der Waals surface area contributed by atoms with Crippen molar-refractivity contribution in [1.82, 2.24) is 9.88 Å². The van der Waals surface area contributed by atoms with Crippen molar-refractivity contribution in [3.8, 4) is 0 Å². The molecule has 7 nitrogen and oxygen atoms in total. The molecule has 1 aromatic heterocycles. The summed E-state index contributed by atoms with van der Waals surface area (Å²) in [7, 11) is 1.55. The number of hydrogen-bond donors (Lipinski definition) is 2. The summed E-state index contributed by atoms with van der Waals surface area (Å²) in [6.45, 7) is 0.871. The second-order valence-corrected chi connectivity index (χ2v) is 7.82. The van der Waals surface area contributed by atoms with Crippen molar-refractivity contribution >= 4 is 46.3 Å². The number of nitrogens with zero attached hydrogens (tertiary/aromatic N) is 2. The number of rotatable bonds is 8. The van der Waals surface area contributed by atoms with Gasteiger partial charge in [-0.2, -0.15) is 0 Å². The standard InChI is InChI=1S/C21H20ClFN4O3S/c1-30-10-9-27(21(29)25-17-4-2-3-14(22)11-17)12-19-26-18(13-31-19)20(28)24-16-7-5-15(23)6-8-16/h2-8,11,13H,9-10,12H2,1H3,(H,24,28)(H,25,29). The fourth-order valence-corrected chi connectivity index (χ4v) is 3.58. The van der Waals surface area contributed by atoms with Gasteiger partial charge in [-0.15, -0.1) is 11.3 Å². The van der Waals surface area contributed by atoms with E-state index in [1.807, 2.05) is 0 Å². The molecule has 0 unspecified atom stereocenters. The van der Waals surface area contributed by atoms with Gasteiger partial charge in [-0.3, -0.25) is 4.79 Å². The Morgan fingerprint density at radius 2 is 1.94 bits per heavy atom. The van der Waals surface area contributed by atoms with Gasteiger partial charge in [0.25, 0.3) is 5.91 Å². The summed E-state index contributed by atoms with van der Waals surface area (Å²) in [4.78, 5) is 31.0. The Balaban J connectivity index is 1.65. The Morgan fingerprint density at radius 3 is 2.65 bits per heavy atom. The molecule has 3 aromatic rings. The number of ether oxygens (including phenoxy) is 1. The minimum Gasteiger partial charge on any atom is -0.383 e. The summed E-state index contributed by atoms with van der Waals surface area (Å²) >= 11 is 7.23. The maximum atomic E-state index is 13.0. The zero-order valence-corrected chi connectivity index (χ0v) is 18.2. The van der Waals surface area contributed by atoms with E-state index in [1.54, 1.807) is 36.8 Å². The minimum absolute atomic E-state index is 0.199. The van der Waals surface area contributed by atoms with Crippen LogP contribution in [0.2, 0.25) is 5.02 Å². The number of amides is 3. The van der Waals surface area contributed by atoms with E-state index in [-0.39, 0.29) is 24.1 Å². The first-order valence-electron chi connectivity index (χ1n) is 9.26. The molecule has 3 rings (SSSR count). The van der Waals surface area contributed by atoms with E-state index in [2.05, 4.69) is 15.6 Å². The summed E-state index contributed by atoms with van der Waals surface area (Å²) in [6, 6.07) is 11.9. The van der Waals surface area contributed by atoms with Crippen LogP contribution in [0.25, 0.3) is 0 Å². The van der Waals surface area contributed by atoms with Crippen LogP contribution in [0.1, 0.15) is 15.5 Å². The van der Waals surface area contributed by atoms with Gasteiger partial charge in [0.2, 0.25) is 0 Å². The van der Waals surface area contributed by atoms with Crippen molar-refractivity contribution in [2.24, 2.45) is 0 Å². The van der Waals surface area contributed by atoms with Gasteiger partial charge >= 0.3 is 6.03 Å². The van der Waals surface area contributed by atoms with Crippen LogP contribution in [0.15, 0.2) is 53.9 Å². The minimum atomic E-state index is -0.416. The quantitative estimate of drug-likeness (QED) is 0.500. The SMILES string of the molecule is COCCN(Cc1nc(C(=O)Nc2ccc(F)cc2)cs1)C(=O)Nc1cccc(Cl)c1. The van der Waals surface area contributed by atoms with Crippen LogP contribution < -0.4 is 10.6 Å². The molecule has 10 heteroatoms. The van der Waals surface area contributed by atoms with Gasteiger partial charge in [0.15, 0.2) is 0 Å². The number of urea groups is 1. The number of anilines is 2. The van der Waals surface area contributed by atoms with Crippen LogP contribution in [0, 0.1) is 5.82 Å². The molecule has 162 valence electrons. The van der Waals surface area contributed by atoms with E-state index < -0.39 is 5.91 Å². The van der Waals surface area contributed by atoms with E-state index >= 15 is 0 Å². The molecule has 0 bridgehead atoms. The highest BCUT2D eigenvalue weighted by Crippen LogP contribution is 2.18. The molecule has 0 saturated carbocycles. The van der Waals surface area contributed by atoms with Crippen LogP contribution in [-0.4, -0.2) is 42.1 Å². The topological polar surface area (TPSA) is 83.6 Å². The fourth-order valence-electron chi connectivity index (χ4n) is 2.60. The van der Waals surface area contributed by atoms with Gasteiger partial charge in [0.1, 0.15) is 16.5 Å². The van der Waals surface area contributed by atoms with E-state index in [9.17, 15) is 14.0 Å². The van der Waals surface area contributed by atoms with Gasteiger partial charge in [-0.25, -0.2) is 14.2 Å². The Bertz CT molecular complexity index is 1050. The number of nitrogens with one attached hydrogen (secondary N) is 2. The zero-order chi connectivity index (χ0) is 22.2. The third-order valence-electron chi connectivity index (χ3n) is 4.14. The zero-order valence-electron chi connectivity index (χ0n) is 16.6. The predicted octanol–water partition coefficient (Wildman–Crippen LogP) is 4.87. The van der Waals surface area contributed by atoms with Crippen LogP contribution in [0.3, 0.4) is 0 Å². The molecule has 0 atom stereocenters. The monoisotopic (exact) mass is 462 g/mol. The molecule has 0 saturated heterocycles. The Morgan fingerprint density at radius 1 is 1.16 bits per heavy atom. The molecule has 0 aliphatic carbocycles. The molecule has 1 heterocycles. The lowest BCUT2D eigenvalue weighted by molar-refractivity contribution is 0.102. The Hall–Kier alpha value is -3.01. The van der Waals surface area contributed by atoms with Gasteiger partial charge in [0.05, 0.1) is 13.2 Å². The number of thiazole rings is 1. The third kappa shape index (κ3) is 6.74. The summed E-state index contributed by atoms with van der Waals surface area (Å²) in [5.41, 5.74) is 1.24. The Kier molecular flexibility index (Phi) is 7.94. The first-order valence-corrected chi connectivity index (χ1v) is 10.5. The van der Waals surface area contributed by atoms with Crippen LogP contribution in [0.4, 0.5) is 20.6 Å². The number of aromatic nitrogens is 1. The second kappa shape index (κ2) is 10.9. The normalized spacial score (nSPS) is 10.5. The lowest BCUT2D eigenvalue weighted by Crippen LogP contribution is -2.36. The molecule has 2 N–H and O–H groups in total. The van der Waals surface area contributed by atoms with Crippen LogP contribution >= 0.6 is 22.9 Å². The summed E-state index contributed by atoms with van der Waals surface area (Å²) < 4.78 is 18.1. The smallest absolute Gasteiger partial charge is 0.322 e. The third-order valence-corrected chi connectivity index (χ3v) is 5.21. The summed E-state index contributed by atoms with van der Waals surface area (Å²) in [5, 5.41) is 8.16. The van der Waals surface area contributed by atoms with E-state index in [0.29, 0.717) is 34.6 Å². The highest BCUT2D eigenvalue weighted by molar-refractivity contribution is 7.09. The molecule has 0 aliphatic rings. The number of halogens is 2. The van der Waals surface area contributed by atoms with E-state index in [4.69, 9.17) is 16.3 Å². The maximum absolute atomic E-state index is 13.0. The molecular formula is C21H20ClFN4O3S. The second-order valence-electron chi connectivity index (χ2n) is 6.44. The molecule has 3 amide bonds. The highest BCUT2D eigenvalue weighted by atomic mass is 35.5. The lowest BCUT2D eigenvalue weighted by Gasteiger charge is -2.21. The molecule has 31 heavy (non-hydrogen) atoms. The van der Waals surface area contributed by atoms with Crippen LogP contribution in [-0.2, 0) is 11.3 Å². The molecular weight excluding hydrogens is 443 g/mol. The highest BCUT2D eigenvalue weighted by Gasteiger charge is 2.18. The van der Waals surface area contributed by atoms with Gasteiger partial charge in [0, 0.05) is 35.4 Å². The van der Waals surface area contributed by atoms with Gasteiger partial charge in [-0.05, 0) is 42.5 Å². The molecule has 0 fully saturated rings. The van der Waals surface area contributed by atoms with E-state index in [1.165, 1.54) is 40.5 Å². The number of benzene rings is 2. The number of carbonyl (C=O) groups excluding carboxylic acids is 2. The number of hydrogen-bond acceptors (Lipinski definition) is 5. The summed E-state index contributed by atoms with van der Waals surface area (Å²) in [6.07, 6.45) is 0. The number of carbonyl (C=O) groups is 2. The van der Waals surface area contributed by atoms with Crippen molar-refractivity contribution in [2.45, 2.75) is 6.54 Å². The Labute approximate surface area is 187 Å². The number of methoxy groups -OCH3 is 1. The average Bonchev–Trinajstić information content (AvgIpc) is 3.21. The van der Waals surface area contributed by atoms with Gasteiger partial charge in [-0.1, -0.05) is 17.7 Å². The molecule has 0 spiro atoms. The van der Waals surface area contributed by atoms with Gasteiger partial charge < -0.3 is 20.3 Å². The average molecular weight is 463 g/mol. The lowest BCUT2D eigenvalue weighted by atomic mass is 10.3. The van der Waals surface area contributed by atoms with Crippen molar-refractivity contribution in [2.75, 3.05) is 30.9 Å². The molecule has 0 radical (unpaired) electrons. The van der Waals surface area contributed by atoms with Crippen molar-refractivity contribution < 1.29 is 18.7 Å². The van der Waals surface area contributed by atoms with Crippen molar-refractivity contribution in [3.05, 3.63) is 75.5 Å². The van der Waals surface area contributed by atoms with Crippen LogP contribution in [0.5, 0.6) is 0 Å². The molecule has 0 aliphatic heterocycles. The largest absolute Gasteiger partial charge is 0.383 e.